The second-order valence-corrected chi connectivity index (χ2v) is 9.23. The Morgan fingerprint density at radius 3 is 2.52 bits per heavy atom. The molecule has 1 unspecified atom stereocenters. The van der Waals surface area contributed by atoms with E-state index in [0.29, 0.717) is 17.1 Å². The number of aromatic nitrogens is 3. The molecule has 0 saturated heterocycles. The Morgan fingerprint density at radius 2 is 1.90 bits per heavy atom. The second kappa shape index (κ2) is 7.92. The normalized spacial score (nSPS) is 13.7. The molecule has 3 aromatic rings. The van der Waals surface area contributed by atoms with Gasteiger partial charge in [0, 0.05) is 33.4 Å². The van der Waals surface area contributed by atoms with Crippen LogP contribution in [0.2, 0.25) is 0 Å². The Kier molecular flexibility index (Phi) is 5.56. The zero-order chi connectivity index (χ0) is 21.2. The van der Waals surface area contributed by atoms with Crippen LogP contribution in [-0.2, 0) is 14.5 Å². The van der Waals surface area contributed by atoms with Crippen LogP contribution in [0.3, 0.4) is 0 Å². The van der Waals surface area contributed by atoms with Crippen LogP contribution in [-0.4, -0.2) is 37.0 Å². The molecular formula is C21H23N5O2S. The Balaban J connectivity index is 1.98. The molecule has 0 aliphatic carbocycles. The number of rotatable bonds is 6. The summed E-state index contributed by atoms with van der Waals surface area (Å²) in [5.41, 5.74) is 10.1. The van der Waals surface area contributed by atoms with Crippen LogP contribution in [0.4, 0.5) is 5.69 Å². The lowest BCUT2D eigenvalue weighted by molar-refractivity contribution is -0.112. The molecule has 2 aromatic carbocycles. The van der Waals surface area contributed by atoms with Gasteiger partial charge < -0.3 is 10.5 Å². The van der Waals surface area contributed by atoms with Gasteiger partial charge in [-0.1, -0.05) is 29.3 Å². The first-order valence-corrected chi connectivity index (χ1v) is 11.0. The van der Waals surface area contributed by atoms with Crippen LogP contribution in [0, 0.1) is 13.8 Å². The van der Waals surface area contributed by atoms with E-state index in [1.54, 1.807) is 24.3 Å². The van der Waals surface area contributed by atoms with Gasteiger partial charge in [-0.2, -0.15) is 0 Å². The van der Waals surface area contributed by atoms with Gasteiger partial charge in [-0.05, 0) is 49.5 Å². The fourth-order valence-electron chi connectivity index (χ4n) is 2.99. The maximum Gasteiger partial charge on any atom is 0.250 e. The van der Waals surface area contributed by atoms with Gasteiger partial charge >= 0.3 is 0 Å². The van der Waals surface area contributed by atoms with E-state index in [-0.39, 0.29) is 5.57 Å². The van der Waals surface area contributed by atoms with Crippen LogP contribution >= 0.6 is 0 Å². The maximum atomic E-state index is 12.1. The number of amides is 1. The van der Waals surface area contributed by atoms with Gasteiger partial charge in [0.25, 0.3) is 5.91 Å². The third-order valence-electron chi connectivity index (χ3n) is 4.02. The predicted molar refractivity (Wildman–Crippen MR) is 120 cm³/mol. The molecule has 0 saturated carbocycles. The van der Waals surface area contributed by atoms with Crippen molar-refractivity contribution in [3.63, 3.8) is 0 Å². The van der Waals surface area contributed by atoms with Crippen molar-refractivity contribution >= 4 is 38.9 Å². The summed E-state index contributed by atoms with van der Waals surface area (Å²) in [6.07, 6.45) is 4.54. The molecule has 0 fully saturated rings. The molecule has 1 aromatic heterocycles. The van der Waals surface area contributed by atoms with E-state index in [9.17, 15) is 9.00 Å². The molecule has 0 spiro atoms. The molecule has 1 atom stereocenters. The van der Waals surface area contributed by atoms with Crippen LogP contribution < -0.4 is 10.5 Å². The molecule has 0 aliphatic rings. The lowest BCUT2D eigenvalue weighted by Gasteiger charge is -2.10. The van der Waals surface area contributed by atoms with Gasteiger partial charge in [0.2, 0.25) is 0 Å². The van der Waals surface area contributed by atoms with Crippen LogP contribution in [0.15, 0.2) is 48.8 Å². The SMILES string of the molecule is C=S(C)(=O)Nc1cccc(/C(=C\n2cnc(-c3cc(C)cc(C)c3)n2)C(N)=O)c1. The molecule has 150 valence electrons. The zero-order valence-corrected chi connectivity index (χ0v) is 17.4. The third kappa shape index (κ3) is 5.32. The Labute approximate surface area is 170 Å². The summed E-state index contributed by atoms with van der Waals surface area (Å²) >= 11 is 0. The van der Waals surface area contributed by atoms with E-state index in [1.165, 1.54) is 23.5 Å². The highest BCUT2D eigenvalue weighted by Crippen LogP contribution is 2.22. The lowest BCUT2D eigenvalue weighted by atomic mass is 10.1. The van der Waals surface area contributed by atoms with E-state index in [0.717, 1.165) is 16.7 Å². The van der Waals surface area contributed by atoms with Crippen molar-refractivity contribution in [2.45, 2.75) is 13.8 Å². The molecule has 0 radical (unpaired) electrons. The number of nitrogens with two attached hydrogens (primary N) is 1. The molecule has 0 bridgehead atoms. The molecule has 1 amide bonds. The van der Waals surface area contributed by atoms with Gasteiger partial charge in [-0.3, -0.25) is 4.79 Å². The summed E-state index contributed by atoms with van der Waals surface area (Å²) < 4.78 is 16.2. The van der Waals surface area contributed by atoms with Gasteiger partial charge in [-0.25, -0.2) is 13.9 Å². The molecule has 3 rings (SSSR count). The van der Waals surface area contributed by atoms with E-state index >= 15 is 0 Å². The fourth-order valence-corrected chi connectivity index (χ4v) is 3.61. The number of aryl methyl sites for hydroxylation is 2. The van der Waals surface area contributed by atoms with E-state index in [4.69, 9.17) is 5.73 Å². The average molecular weight is 410 g/mol. The molecular weight excluding hydrogens is 386 g/mol. The number of carbonyl (C=O) groups excluding carboxylic acids is 1. The second-order valence-electron chi connectivity index (χ2n) is 7.02. The molecule has 3 N–H and O–H groups in total. The summed E-state index contributed by atoms with van der Waals surface area (Å²) in [7, 11) is -2.45. The summed E-state index contributed by atoms with van der Waals surface area (Å²) in [5, 5.41) is 4.44. The number of primary amides is 1. The van der Waals surface area contributed by atoms with Crippen LogP contribution in [0.1, 0.15) is 16.7 Å². The van der Waals surface area contributed by atoms with Crippen LogP contribution in [0.25, 0.3) is 23.2 Å². The number of benzene rings is 2. The molecule has 1 heterocycles. The Morgan fingerprint density at radius 1 is 1.21 bits per heavy atom. The van der Waals surface area contributed by atoms with E-state index in [2.05, 4.69) is 26.7 Å². The van der Waals surface area contributed by atoms with Crippen molar-refractivity contribution in [2.75, 3.05) is 11.0 Å². The smallest absolute Gasteiger partial charge is 0.250 e. The van der Waals surface area contributed by atoms with E-state index < -0.39 is 15.6 Å². The minimum Gasteiger partial charge on any atom is -0.366 e. The summed E-state index contributed by atoms with van der Waals surface area (Å²) in [5.74, 6) is 3.51. The summed E-state index contributed by atoms with van der Waals surface area (Å²) in [6.45, 7) is 4.03. The van der Waals surface area contributed by atoms with Crippen molar-refractivity contribution in [3.8, 4) is 11.4 Å². The number of hydrogen-bond acceptors (Lipinski definition) is 4. The fraction of sp³-hybridized carbons (Fsp3) is 0.143. The maximum absolute atomic E-state index is 12.1. The first kappa shape index (κ1) is 20.3. The van der Waals surface area contributed by atoms with E-state index in [1.807, 2.05) is 26.0 Å². The standard InChI is InChI=1S/C21H23N5O2S/c1-14-8-15(2)10-17(9-14)21-23-13-26(24-21)12-19(20(22)27)16-6-5-7-18(11-16)25-29(3,4)28/h5-13H,3H2,1-2,4H3,(H2,22,27)(H,25,28)/b19-12+. The highest BCUT2D eigenvalue weighted by molar-refractivity contribution is 8.00. The minimum atomic E-state index is -2.45. The predicted octanol–water partition coefficient (Wildman–Crippen LogP) is 2.72. The van der Waals surface area contributed by atoms with Crippen molar-refractivity contribution in [1.82, 2.24) is 14.8 Å². The molecule has 8 heteroatoms. The van der Waals surface area contributed by atoms with Crippen LogP contribution in [0.5, 0.6) is 0 Å². The van der Waals surface area contributed by atoms with Gasteiger partial charge in [-0.15, -0.1) is 5.10 Å². The van der Waals surface area contributed by atoms with Crippen molar-refractivity contribution < 1.29 is 9.00 Å². The molecule has 7 nitrogen and oxygen atoms in total. The van der Waals surface area contributed by atoms with Gasteiger partial charge in [0.05, 0.1) is 5.57 Å². The third-order valence-corrected chi connectivity index (χ3v) is 4.69. The quantitative estimate of drug-likeness (QED) is 0.483. The monoisotopic (exact) mass is 409 g/mol. The highest BCUT2D eigenvalue weighted by Gasteiger charge is 2.12. The topological polar surface area (TPSA) is 103 Å². The Hall–Kier alpha value is -3.39. The van der Waals surface area contributed by atoms with Crippen molar-refractivity contribution in [2.24, 2.45) is 5.73 Å². The lowest BCUT2D eigenvalue weighted by Crippen LogP contribution is -2.14. The Bertz CT molecular complexity index is 1190. The number of anilines is 1. The summed E-state index contributed by atoms with van der Waals surface area (Å²) in [6, 6.07) is 13.0. The first-order valence-electron chi connectivity index (χ1n) is 8.82. The summed E-state index contributed by atoms with van der Waals surface area (Å²) in [4.78, 5) is 16.4. The number of nitrogens with one attached hydrogen (secondary N) is 1. The largest absolute Gasteiger partial charge is 0.366 e. The first-order chi connectivity index (χ1) is 13.6. The van der Waals surface area contributed by atoms with Gasteiger partial charge in [0.1, 0.15) is 6.33 Å². The number of carbonyl (C=O) groups is 1. The molecule has 0 aliphatic heterocycles. The zero-order valence-electron chi connectivity index (χ0n) is 16.5. The molecule has 29 heavy (non-hydrogen) atoms. The number of nitrogens with zero attached hydrogens (tertiary/aromatic N) is 3. The minimum absolute atomic E-state index is 0.247. The van der Waals surface area contributed by atoms with Crippen molar-refractivity contribution in [1.29, 1.82) is 0 Å². The van der Waals surface area contributed by atoms with Gasteiger partial charge in [0.15, 0.2) is 5.82 Å². The van der Waals surface area contributed by atoms with Crippen molar-refractivity contribution in [3.05, 3.63) is 65.5 Å². The highest BCUT2D eigenvalue weighted by atomic mass is 32.2. The average Bonchev–Trinajstić information content (AvgIpc) is 3.06. The number of hydrogen-bond donors (Lipinski definition) is 2.